The molecule has 1 fully saturated rings. The molecular weight excluding hydrogens is 533 g/mol. The fraction of sp³-hybridized carbons (Fsp3) is 0.318. The number of aromatic nitrogens is 3. The van der Waals surface area contributed by atoms with Gasteiger partial charge in [0, 0.05) is 29.0 Å². The molecule has 0 saturated heterocycles. The first-order valence-corrected chi connectivity index (χ1v) is 12.3. The summed E-state index contributed by atoms with van der Waals surface area (Å²) < 4.78 is 22.5. The molecule has 2 heterocycles. The third-order valence-electron chi connectivity index (χ3n) is 5.58. The van der Waals surface area contributed by atoms with Crippen LogP contribution in [0.2, 0.25) is 5.15 Å². The van der Waals surface area contributed by atoms with Crippen molar-refractivity contribution in [3.8, 4) is 0 Å². The maximum absolute atomic E-state index is 14.6. The number of ketones is 1. The third kappa shape index (κ3) is 5.93. The fourth-order valence-corrected chi connectivity index (χ4v) is 4.95. The van der Waals surface area contributed by atoms with Gasteiger partial charge in [0.25, 0.3) is 0 Å². The number of hydrogen-bond acceptors (Lipinski definition) is 7. The molecular formula is C22H22BrClFN5O2S. The number of benzene rings is 1. The average Bonchev–Trinajstić information content (AvgIpc) is 3.34. The van der Waals surface area contributed by atoms with E-state index in [9.17, 15) is 9.18 Å². The quantitative estimate of drug-likeness (QED) is 0.217. The van der Waals surface area contributed by atoms with Gasteiger partial charge in [-0.05, 0) is 42.5 Å². The van der Waals surface area contributed by atoms with Gasteiger partial charge in [0.05, 0.1) is 30.4 Å². The van der Waals surface area contributed by atoms with Crippen molar-refractivity contribution < 1.29 is 13.4 Å². The van der Waals surface area contributed by atoms with Gasteiger partial charge in [-0.15, -0.1) is 0 Å². The summed E-state index contributed by atoms with van der Waals surface area (Å²) in [6.07, 6.45) is 4.30. The van der Waals surface area contributed by atoms with Crippen LogP contribution in [0.5, 0.6) is 0 Å². The van der Waals surface area contributed by atoms with Gasteiger partial charge in [-0.2, -0.15) is 0 Å². The molecule has 3 aromatic rings. The van der Waals surface area contributed by atoms with Gasteiger partial charge < -0.3 is 14.1 Å². The van der Waals surface area contributed by atoms with Crippen molar-refractivity contribution in [3.63, 3.8) is 0 Å². The van der Waals surface area contributed by atoms with Crippen LogP contribution in [-0.4, -0.2) is 39.1 Å². The zero-order valence-corrected chi connectivity index (χ0v) is 20.6. The number of halogens is 3. The van der Waals surface area contributed by atoms with Crippen LogP contribution in [0.4, 0.5) is 10.2 Å². The van der Waals surface area contributed by atoms with E-state index in [0.717, 1.165) is 22.3 Å². The molecule has 1 saturated carbocycles. The molecule has 1 aliphatic rings. The molecule has 33 heavy (non-hydrogen) atoms. The number of hydrogen-bond donors (Lipinski definition) is 2. The van der Waals surface area contributed by atoms with Crippen molar-refractivity contribution in [1.29, 1.82) is 0 Å². The monoisotopic (exact) mass is 553 g/mol. The van der Waals surface area contributed by atoms with E-state index in [-0.39, 0.29) is 17.3 Å². The molecule has 0 spiro atoms. The largest absolute Gasteiger partial charge is 0.364 e. The van der Waals surface area contributed by atoms with Crippen LogP contribution >= 0.6 is 39.8 Å². The summed E-state index contributed by atoms with van der Waals surface area (Å²) in [6, 6.07) is 8.99. The molecule has 11 heteroatoms. The lowest BCUT2D eigenvalue weighted by atomic mass is 10.1. The van der Waals surface area contributed by atoms with E-state index in [1.165, 1.54) is 12.5 Å². The number of nitrogens with one attached hydrogen (secondary N) is 1. The molecule has 0 radical (unpaired) electrons. The van der Waals surface area contributed by atoms with Crippen molar-refractivity contribution in [2.75, 3.05) is 11.9 Å². The average molecular weight is 555 g/mol. The Morgan fingerprint density at radius 1 is 1.39 bits per heavy atom. The van der Waals surface area contributed by atoms with E-state index < -0.39 is 12.2 Å². The first-order valence-electron chi connectivity index (χ1n) is 10.3. The van der Waals surface area contributed by atoms with Gasteiger partial charge in [0.2, 0.25) is 0 Å². The maximum atomic E-state index is 14.6. The Kier molecular flexibility index (Phi) is 8.02. The van der Waals surface area contributed by atoms with Gasteiger partial charge in [-0.1, -0.05) is 39.7 Å². The molecule has 7 nitrogen and oxygen atoms in total. The minimum Gasteiger partial charge on any atom is -0.364 e. The Morgan fingerprint density at radius 3 is 3.03 bits per heavy atom. The second kappa shape index (κ2) is 11.0. The molecule has 3 unspecified atom stereocenters. The molecule has 0 aliphatic heterocycles. The van der Waals surface area contributed by atoms with E-state index in [1.54, 1.807) is 16.8 Å². The molecule has 1 aliphatic carbocycles. The van der Waals surface area contributed by atoms with Crippen LogP contribution in [0.3, 0.4) is 0 Å². The molecule has 2 aromatic heterocycles. The van der Waals surface area contributed by atoms with E-state index in [4.69, 9.17) is 20.9 Å². The van der Waals surface area contributed by atoms with Crippen LogP contribution in [-0.2, 0) is 10.7 Å². The zero-order chi connectivity index (χ0) is 23.4. The van der Waals surface area contributed by atoms with Gasteiger partial charge >= 0.3 is 0 Å². The van der Waals surface area contributed by atoms with Gasteiger partial charge in [-0.3, -0.25) is 9.93 Å². The predicted octanol–water partition coefficient (Wildman–Crippen LogP) is 5.04. The Hall–Kier alpha value is -1.98. The number of carbonyl (C=O) groups excluding carboxylic acids is 1. The van der Waals surface area contributed by atoms with Crippen LogP contribution < -0.4 is 10.5 Å². The summed E-state index contributed by atoms with van der Waals surface area (Å²) in [7, 11) is 0. The number of carbonyl (C=O) groups is 1. The topological polar surface area (TPSA) is 95.1 Å². The highest BCUT2D eigenvalue weighted by Gasteiger charge is 2.35. The zero-order valence-electron chi connectivity index (χ0n) is 17.5. The van der Waals surface area contributed by atoms with Gasteiger partial charge in [0.1, 0.15) is 23.5 Å². The number of nitrogens with zero attached hydrogens (tertiary/aromatic N) is 3. The Balaban J connectivity index is 1.51. The van der Waals surface area contributed by atoms with Crippen LogP contribution in [0, 0.1) is 5.92 Å². The Labute approximate surface area is 208 Å². The highest BCUT2D eigenvalue weighted by atomic mass is 79.9. The first-order chi connectivity index (χ1) is 15.9. The number of rotatable bonds is 9. The lowest BCUT2D eigenvalue weighted by Crippen LogP contribution is -2.27. The van der Waals surface area contributed by atoms with Crippen molar-refractivity contribution in [2.45, 2.75) is 31.6 Å². The minimum atomic E-state index is -1.08. The van der Waals surface area contributed by atoms with Gasteiger partial charge in [0.15, 0.2) is 5.78 Å². The summed E-state index contributed by atoms with van der Waals surface area (Å²) >= 11 is 10.6. The van der Waals surface area contributed by atoms with Crippen molar-refractivity contribution in [1.82, 2.24) is 14.5 Å². The van der Waals surface area contributed by atoms with Crippen LogP contribution in [0.1, 0.15) is 34.3 Å². The lowest BCUT2D eigenvalue weighted by Gasteiger charge is -2.17. The van der Waals surface area contributed by atoms with Crippen LogP contribution in [0.25, 0.3) is 0 Å². The van der Waals surface area contributed by atoms with Gasteiger partial charge in [-0.25, -0.2) is 14.4 Å². The van der Waals surface area contributed by atoms with Crippen molar-refractivity contribution in [2.24, 2.45) is 11.1 Å². The smallest absolute Gasteiger partial charge is 0.199 e. The van der Waals surface area contributed by atoms with Crippen molar-refractivity contribution in [3.05, 3.63) is 75.4 Å². The Bertz CT molecular complexity index is 1130. The lowest BCUT2D eigenvalue weighted by molar-refractivity contribution is 0.103. The third-order valence-corrected chi connectivity index (χ3v) is 6.67. The summed E-state index contributed by atoms with van der Waals surface area (Å²) in [5.41, 5.74) is 1.70. The fourth-order valence-electron chi connectivity index (χ4n) is 4.00. The number of alkyl halides is 1. The second-order valence-corrected chi connectivity index (χ2v) is 9.64. The number of nitrogens with two attached hydrogens (primary N) is 1. The normalized spacial score (nSPS) is 20.2. The number of anilines is 1. The summed E-state index contributed by atoms with van der Waals surface area (Å²) in [6.45, 7) is 0.886. The molecule has 1 aromatic carbocycles. The highest BCUT2D eigenvalue weighted by molar-refractivity contribution is 9.10. The minimum absolute atomic E-state index is 0.0420. The summed E-state index contributed by atoms with van der Waals surface area (Å²) in [5.74, 6) is 0.0505. The predicted molar refractivity (Wildman–Crippen MR) is 131 cm³/mol. The summed E-state index contributed by atoms with van der Waals surface area (Å²) in [5, 5.41) is 8.82. The SMILES string of the molecule is NSOCC1CC(F)C(Nc2ncncc2C(=O)c2cc(Cl)n(Cc3cccc(Br)c3)c2)C1. The molecule has 3 N–H and O–H groups in total. The van der Waals surface area contributed by atoms with Crippen molar-refractivity contribution >= 4 is 51.4 Å². The van der Waals surface area contributed by atoms with E-state index in [1.807, 2.05) is 24.3 Å². The maximum Gasteiger partial charge on any atom is 0.199 e. The first kappa shape index (κ1) is 24.2. The molecule has 4 rings (SSSR count). The Morgan fingerprint density at radius 2 is 2.24 bits per heavy atom. The van der Waals surface area contributed by atoms with E-state index >= 15 is 0 Å². The highest BCUT2D eigenvalue weighted by Crippen LogP contribution is 2.32. The molecule has 0 bridgehead atoms. The second-order valence-electron chi connectivity index (χ2n) is 7.91. The van der Waals surface area contributed by atoms with E-state index in [2.05, 4.69) is 31.2 Å². The molecule has 0 amide bonds. The van der Waals surface area contributed by atoms with Crippen LogP contribution in [0.15, 0.2) is 53.5 Å². The molecule has 3 atom stereocenters. The van der Waals surface area contributed by atoms with E-state index in [0.29, 0.717) is 42.5 Å². The molecule has 174 valence electrons. The summed E-state index contributed by atoms with van der Waals surface area (Å²) in [4.78, 5) is 21.5. The standard InChI is InChI=1S/C22H22BrClFN5O2S/c23-16-3-1-2-13(4-16)9-30-10-15(7-20(30)24)21(31)17-8-27-12-28-22(17)29-19-6-14(5-18(19)25)11-32-33-26/h1-4,7-8,10,12,14,18-19H,5-6,9,11,26H2,(H,27,28,29).